The molecule has 0 radical (unpaired) electrons. The molecule has 5 N–H and O–H groups in total. The van der Waals surface area contributed by atoms with E-state index in [0.29, 0.717) is 0 Å². The third-order valence-corrected chi connectivity index (χ3v) is 0. The fourth-order valence-electron chi connectivity index (χ4n) is 0. The van der Waals surface area contributed by atoms with Crippen LogP contribution >= 0.6 is 0 Å². The normalized spacial score (nSPS) is 4.00. The minimum absolute atomic E-state index is 0. The standard InChI is InChI=1S/CH2O2.Ce.NO3.H3N/c2-1-3;;2-1(3)4;/h1H,(H,2,3);;;1H3/q;;-1;/p+1. The zero-order valence-corrected chi connectivity index (χ0v) is 7.74. The van der Waals surface area contributed by atoms with E-state index in [0.717, 1.165) is 0 Å². The second kappa shape index (κ2) is 24.5. The maximum absolute atomic E-state index is 8.36. The van der Waals surface area contributed by atoms with Crippen molar-refractivity contribution in [3.05, 3.63) is 15.3 Å². The van der Waals surface area contributed by atoms with Crippen molar-refractivity contribution in [2.75, 3.05) is 0 Å². The average Bonchev–Trinajstić information content (AvgIpc) is 1.33. The summed E-state index contributed by atoms with van der Waals surface area (Å²) in [7, 11) is 0. The molecule has 0 spiro atoms. The first kappa shape index (κ1) is 23.0. The van der Waals surface area contributed by atoms with Crippen LogP contribution in [0.25, 0.3) is 0 Å². The summed E-state index contributed by atoms with van der Waals surface area (Å²) in [4.78, 5) is 16.6. The van der Waals surface area contributed by atoms with Crippen LogP contribution in [-0.4, -0.2) is 16.7 Å². The molecule has 0 aromatic carbocycles. The zero-order chi connectivity index (χ0) is 6.28. The average molecular weight is 266 g/mol. The van der Waals surface area contributed by atoms with E-state index in [-0.39, 0.29) is 54.4 Å². The molecule has 0 amide bonds. The number of quaternary nitrogens is 1. The van der Waals surface area contributed by atoms with Gasteiger partial charge in [-0.05, 0) is 0 Å². The summed E-state index contributed by atoms with van der Waals surface area (Å²) in [6, 6.07) is 0. The second-order valence-electron chi connectivity index (χ2n) is 0.329. The molecule has 0 bridgehead atoms. The largest absolute Gasteiger partial charge is 0.483 e. The zero-order valence-electron chi connectivity index (χ0n) is 4.60. The summed E-state index contributed by atoms with van der Waals surface area (Å²) >= 11 is 0. The minimum Gasteiger partial charge on any atom is -0.483 e. The van der Waals surface area contributed by atoms with Crippen molar-refractivity contribution in [3.8, 4) is 0 Å². The summed E-state index contributed by atoms with van der Waals surface area (Å²) in [5.41, 5.74) is 0. The molecule has 0 saturated heterocycles. The molecular formula is CH6CeN2O5. The van der Waals surface area contributed by atoms with Gasteiger partial charge in [-0.3, -0.25) is 4.79 Å². The first-order valence-electron chi connectivity index (χ1n) is 1.04. The van der Waals surface area contributed by atoms with Gasteiger partial charge in [0, 0.05) is 41.7 Å². The molecule has 54 valence electrons. The Morgan fingerprint density at radius 2 is 1.44 bits per heavy atom. The molecule has 0 aromatic rings. The van der Waals surface area contributed by atoms with E-state index in [4.69, 9.17) is 25.2 Å². The molecule has 0 saturated carbocycles. The second-order valence-corrected chi connectivity index (χ2v) is 0.329. The Bertz CT molecular complexity index is 62.0. The Morgan fingerprint density at radius 3 is 1.44 bits per heavy atom. The van der Waals surface area contributed by atoms with Crippen LogP contribution in [0.15, 0.2) is 0 Å². The van der Waals surface area contributed by atoms with Gasteiger partial charge in [0.15, 0.2) is 0 Å². The maximum atomic E-state index is 8.36. The van der Waals surface area contributed by atoms with Gasteiger partial charge in [0.05, 0.1) is 5.09 Å². The van der Waals surface area contributed by atoms with Crippen molar-refractivity contribution in [2.24, 2.45) is 0 Å². The van der Waals surface area contributed by atoms with Crippen LogP contribution < -0.4 is 6.15 Å². The Balaban J connectivity index is -0.0000000233. The number of carbonyl (C=O) groups is 1. The van der Waals surface area contributed by atoms with E-state index in [9.17, 15) is 0 Å². The molecule has 0 unspecified atom stereocenters. The number of carboxylic acid groups (broad SMARTS) is 1. The van der Waals surface area contributed by atoms with E-state index in [1.807, 2.05) is 0 Å². The molecule has 0 rings (SSSR count). The third-order valence-electron chi connectivity index (χ3n) is 0. The van der Waals surface area contributed by atoms with Gasteiger partial charge in [-0.2, -0.15) is 0 Å². The van der Waals surface area contributed by atoms with Gasteiger partial charge in [-0.1, -0.05) is 0 Å². The molecule has 0 atom stereocenters. The molecule has 0 aliphatic heterocycles. The first-order valence-corrected chi connectivity index (χ1v) is 1.04. The Labute approximate surface area is 84.1 Å². The molecule has 9 heavy (non-hydrogen) atoms. The van der Waals surface area contributed by atoms with E-state index in [1.54, 1.807) is 0 Å². The van der Waals surface area contributed by atoms with Gasteiger partial charge in [-0.15, -0.1) is 0 Å². The number of hydrogen-bond donors (Lipinski definition) is 2. The van der Waals surface area contributed by atoms with E-state index in [2.05, 4.69) is 0 Å². The Kier molecular flexibility index (Phi) is 62.7. The van der Waals surface area contributed by atoms with Crippen molar-refractivity contribution < 1.29 is 56.7 Å². The van der Waals surface area contributed by atoms with Gasteiger partial charge < -0.3 is 26.6 Å². The Hall–Kier alpha value is 0.00662. The SMILES string of the molecule is O=CO.O=[N+]([O-])[O-].[Ce].[NH4+]. The van der Waals surface area contributed by atoms with Gasteiger partial charge in [0.1, 0.15) is 0 Å². The fourth-order valence-corrected chi connectivity index (χ4v) is 0. The number of rotatable bonds is 0. The van der Waals surface area contributed by atoms with Crippen LogP contribution in [0.1, 0.15) is 0 Å². The number of hydrogen-bond acceptors (Lipinski definition) is 4. The Morgan fingerprint density at radius 1 is 1.44 bits per heavy atom. The monoisotopic (exact) mass is 266 g/mol. The predicted octanol–water partition coefficient (Wildman–Crippen LogP) is -0.162. The van der Waals surface area contributed by atoms with Crippen LogP contribution in [0.2, 0.25) is 0 Å². The van der Waals surface area contributed by atoms with Crippen molar-refractivity contribution in [1.82, 2.24) is 6.15 Å². The quantitative estimate of drug-likeness (QED) is 0.356. The van der Waals surface area contributed by atoms with Crippen LogP contribution in [0.3, 0.4) is 0 Å². The van der Waals surface area contributed by atoms with Gasteiger partial charge >= 0.3 is 0 Å². The van der Waals surface area contributed by atoms with Gasteiger partial charge in [0.25, 0.3) is 6.47 Å². The predicted molar refractivity (Wildman–Crippen MR) is 25.0 cm³/mol. The summed E-state index contributed by atoms with van der Waals surface area (Å²) in [6.07, 6.45) is 0. The minimum atomic E-state index is -1.75. The fraction of sp³-hybridized carbons (Fsp3) is 0. The molecule has 7 nitrogen and oxygen atoms in total. The van der Waals surface area contributed by atoms with Gasteiger partial charge in [-0.25, -0.2) is 0 Å². The molecule has 0 fully saturated rings. The van der Waals surface area contributed by atoms with Crippen LogP contribution in [-0.2, 0) is 4.79 Å². The summed E-state index contributed by atoms with van der Waals surface area (Å²) < 4.78 is 0. The van der Waals surface area contributed by atoms with Crippen LogP contribution in [0.4, 0.5) is 0 Å². The van der Waals surface area contributed by atoms with Gasteiger partial charge in [0.2, 0.25) is 0 Å². The van der Waals surface area contributed by atoms with Crippen LogP contribution in [0.5, 0.6) is 0 Å². The summed E-state index contributed by atoms with van der Waals surface area (Å²) in [5.74, 6) is 0. The van der Waals surface area contributed by atoms with Crippen molar-refractivity contribution >= 4 is 6.47 Å². The first-order chi connectivity index (χ1) is 3.15. The molecule has 0 aromatic heterocycles. The van der Waals surface area contributed by atoms with Crippen molar-refractivity contribution in [1.29, 1.82) is 0 Å². The maximum Gasteiger partial charge on any atom is 0.290 e. The third kappa shape index (κ3) is 6580000. The summed E-state index contributed by atoms with van der Waals surface area (Å²) in [6.45, 7) is -0.250. The number of nitrogens with zero attached hydrogens (tertiary/aromatic N) is 1. The van der Waals surface area contributed by atoms with E-state index in [1.165, 1.54) is 0 Å². The van der Waals surface area contributed by atoms with E-state index < -0.39 is 5.09 Å². The van der Waals surface area contributed by atoms with Crippen molar-refractivity contribution in [3.63, 3.8) is 0 Å². The molecule has 0 heterocycles. The smallest absolute Gasteiger partial charge is 0.290 e. The molecular weight excluding hydrogens is 260 g/mol. The van der Waals surface area contributed by atoms with Crippen LogP contribution in [0, 0.1) is 57.1 Å². The summed E-state index contributed by atoms with van der Waals surface area (Å²) in [5, 5.41) is 21.6. The van der Waals surface area contributed by atoms with E-state index >= 15 is 0 Å². The molecule has 0 aliphatic carbocycles. The topological polar surface area (TPSA) is 140 Å². The van der Waals surface area contributed by atoms with Crippen molar-refractivity contribution in [2.45, 2.75) is 0 Å². The molecule has 8 heteroatoms. The molecule has 0 aliphatic rings.